The lowest BCUT2D eigenvalue weighted by atomic mass is 9.84. The molecule has 0 saturated heterocycles. The largest absolute Gasteiger partial charge is 0.481 e. The molecule has 180 valence electrons. The Bertz CT molecular complexity index is 613. The predicted molar refractivity (Wildman–Crippen MR) is 126 cm³/mol. The molecule has 2 unspecified atom stereocenters. The quantitative estimate of drug-likeness (QED) is 0.113. The highest BCUT2D eigenvalue weighted by atomic mass is 32.2. The Balaban J connectivity index is 2.77. The molecule has 10 heteroatoms. The monoisotopic (exact) mass is 487 g/mol. The van der Waals surface area contributed by atoms with E-state index in [1.165, 1.54) is 0 Å². The molecule has 0 aromatic heterocycles. The maximum atomic E-state index is 14.9. The number of hydrogen-bond acceptors (Lipinski definition) is 5. The number of alkyl halides is 2. The number of Topliss-reactive ketones (excluding diaryl/α,β-unsaturated/α-hetero) is 1. The summed E-state index contributed by atoms with van der Waals surface area (Å²) in [5.74, 6) is -4.42. The Morgan fingerprint density at radius 3 is 2.90 bits per heavy atom. The van der Waals surface area contributed by atoms with Crippen LogP contribution in [0.25, 0.3) is 0 Å². The van der Waals surface area contributed by atoms with Gasteiger partial charge < -0.3 is 13.8 Å². The summed E-state index contributed by atoms with van der Waals surface area (Å²) in [5.41, 5.74) is -0.0293. The van der Waals surface area contributed by atoms with Gasteiger partial charge >= 0.3 is 5.97 Å². The summed E-state index contributed by atoms with van der Waals surface area (Å²) >= 11 is 0.725. The molecule has 0 radical (unpaired) electrons. The van der Waals surface area contributed by atoms with E-state index in [0.717, 1.165) is 31.3 Å². The van der Waals surface area contributed by atoms with Gasteiger partial charge in [-0.2, -0.15) is 0 Å². The maximum Gasteiger partial charge on any atom is 0.303 e. The summed E-state index contributed by atoms with van der Waals surface area (Å²) in [6.07, 6.45) is 2.98. The Hall–Kier alpha value is -0.235. The molecular formula is C21H38BF2O5PS. The minimum Gasteiger partial charge on any atom is -0.481 e. The van der Waals surface area contributed by atoms with Crippen LogP contribution in [0.2, 0.25) is 0 Å². The van der Waals surface area contributed by atoms with Crippen LogP contribution < -0.4 is 0 Å². The topological polar surface area (TPSA) is 72.8 Å². The van der Waals surface area contributed by atoms with Gasteiger partial charge in [-0.15, -0.1) is 0 Å². The Kier molecular flexibility index (Phi) is 12.0. The van der Waals surface area contributed by atoms with Gasteiger partial charge in [-0.05, 0) is 58.4 Å². The highest BCUT2D eigenvalue weighted by molar-refractivity contribution is 7.95. The van der Waals surface area contributed by atoms with E-state index in [1.807, 2.05) is 6.92 Å². The molecule has 0 aliphatic heterocycles. The Labute approximate surface area is 197 Å². The van der Waals surface area contributed by atoms with Crippen LogP contribution in [0.3, 0.4) is 0 Å². The predicted octanol–water partition coefficient (Wildman–Crippen LogP) is 5.02. The van der Waals surface area contributed by atoms with Crippen molar-refractivity contribution in [2.75, 3.05) is 5.65 Å². The fourth-order valence-corrected chi connectivity index (χ4v) is 4.99. The van der Waals surface area contributed by atoms with E-state index in [1.54, 1.807) is 0 Å². The zero-order chi connectivity index (χ0) is 25.6. The zero-order valence-electron chi connectivity index (χ0n) is 21.3. The standard InChI is InChI=1S/C21H38BF2O5PS/c1-2-3-12-21(23,24)19(29-31-14-22)11-10-16-15(17(25)13-18(16)28-30)8-6-4-5-7-9-20(26)27/h15-16,18-19H,2-14,22,30H2,1H3,(H,26,27)/t15-,16-,18-,19?/m1/s1/i22TD,30T/t15-,16-,18-,19?,30?. The number of aliphatic carboxylic acids is 1. The third-order valence-corrected chi connectivity index (χ3v) is 6.77. The van der Waals surface area contributed by atoms with Crippen LogP contribution >= 0.6 is 21.5 Å². The van der Waals surface area contributed by atoms with Gasteiger partial charge in [0, 0.05) is 34.6 Å². The molecule has 5 nitrogen and oxygen atoms in total. The van der Waals surface area contributed by atoms with Gasteiger partial charge in [0.15, 0.2) is 0 Å². The first kappa shape index (κ1) is 23.9. The first-order valence-corrected chi connectivity index (χ1v) is 12.5. The number of ketones is 1. The number of carboxylic acid groups (broad SMARTS) is 1. The number of hydrogen-bond donors (Lipinski definition) is 1. The molecule has 1 fully saturated rings. The highest BCUT2D eigenvalue weighted by Crippen LogP contribution is 2.41. The summed E-state index contributed by atoms with van der Waals surface area (Å²) < 4.78 is 62.6. The van der Waals surface area contributed by atoms with Crippen LogP contribution in [0.5, 0.6) is 0 Å². The lowest BCUT2D eigenvalue weighted by Crippen LogP contribution is -2.36. The van der Waals surface area contributed by atoms with E-state index in [9.17, 15) is 18.4 Å². The molecule has 0 bridgehead atoms. The first-order valence-electron chi connectivity index (χ1n) is 12.8. The van der Waals surface area contributed by atoms with Gasteiger partial charge in [0.2, 0.25) is 0 Å². The van der Waals surface area contributed by atoms with E-state index in [4.69, 9.17) is 17.8 Å². The fraction of sp³-hybridized carbons (Fsp3) is 0.905. The summed E-state index contributed by atoms with van der Waals surface area (Å²) in [5, 5.41) is 8.72. The zero-order valence-corrected chi connectivity index (χ0v) is 20.1. The minimum absolute atomic E-state index is 0.0262. The first-order chi connectivity index (χ1) is 16.1. The van der Waals surface area contributed by atoms with Crippen LogP contribution in [-0.2, 0) is 18.3 Å². The fourth-order valence-electron chi connectivity index (χ4n) is 4.25. The molecule has 1 aliphatic carbocycles. The third-order valence-electron chi connectivity index (χ3n) is 5.97. The molecule has 0 amide bonds. The normalized spacial score (nSPS) is 24.3. The number of carboxylic acids is 1. The van der Waals surface area contributed by atoms with E-state index in [0.29, 0.717) is 32.1 Å². The van der Waals surface area contributed by atoms with Crippen molar-refractivity contribution < 1.29 is 32.2 Å². The van der Waals surface area contributed by atoms with Crippen LogP contribution in [0.4, 0.5) is 8.78 Å². The molecule has 1 saturated carbocycles. The summed E-state index contributed by atoms with van der Waals surface area (Å²) in [4.78, 5) is 23.3. The number of rotatable bonds is 20. The third kappa shape index (κ3) is 10.5. The van der Waals surface area contributed by atoms with Gasteiger partial charge in [0.25, 0.3) is 5.92 Å². The molecule has 1 aliphatic rings. The van der Waals surface area contributed by atoms with E-state index in [-0.39, 0.29) is 49.0 Å². The Morgan fingerprint density at radius 2 is 2.23 bits per heavy atom. The molecule has 1 N–H and O–H groups in total. The minimum atomic E-state index is -3.06. The van der Waals surface area contributed by atoms with Crippen molar-refractivity contribution in [3.8, 4) is 0 Å². The van der Waals surface area contributed by atoms with Crippen LogP contribution in [0.15, 0.2) is 0 Å². The number of carbonyl (C=O) groups is 2. The highest BCUT2D eigenvalue weighted by Gasteiger charge is 2.45. The van der Waals surface area contributed by atoms with E-state index < -0.39 is 41.3 Å². The van der Waals surface area contributed by atoms with Crippen molar-refractivity contribution >= 4 is 41.0 Å². The molecule has 31 heavy (non-hydrogen) atoms. The van der Waals surface area contributed by atoms with E-state index >= 15 is 0 Å². The van der Waals surface area contributed by atoms with E-state index in [2.05, 4.69) is 0 Å². The van der Waals surface area contributed by atoms with Crippen molar-refractivity contribution in [2.24, 2.45) is 11.8 Å². The summed E-state index contributed by atoms with van der Waals surface area (Å²) in [7, 11) is -1.71. The molecule has 5 atom stereocenters. The summed E-state index contributed by atoms with van der Waals surface area (Å²) in [6, 6.07) is 0. The Morgan fingerprint density at radius 1 is 1.45 bits per heavy atom. The van der Waals surface area contributed by atoms with Crippen LogP contribution in [0.1, 0.15) is 84.0 Å². The SMILES string of the molecule is [2H]B([3H])CSOC(CC[C@H]1[C@H](OP[3H])CC(=O)[C@@H]1CCCCCCC(=O)O)C(F)(F)CCCC. The van der Waals surface area contributed by atoms with Gasteiger partial charge in [-0.1, -0.05) is 32.6 Å². The molecule has 0 spiro atoms. The van der Waals surface area contributed by atoms with Crippen molar-refractivity contribution in [1.82, 2.24) is 0 Å². The maximum absolute atomic E-state index is 14.9. The lowest BCUT2D eigenvalue weighted by molar-refractivity contribution is -0.137. The number of halogens is 2. The molecule has 0 aromatic rings. The molecule has 0 aromatic carbocycles. The van der Waals surface area contributed by atoms with Gasteiger partial charge in [0.1, 0.15) is 19.7 Å². The second-order valence-corrected chi connectivity index (χ2v) is 9.25. The second-order valence-electron chi connectivity index (χ2n) is 8.26. The average Bonchev–Trinajstić information content (AvgIpc) is 3.05. The van der Waals surface area contributed by atoms with Crippen molar-refractivity contribution in [3.05, 3.63) is 0 Å². The van der Waals surface area contributed by atoms with Gasteiger partial charge in [-0.25, -0.2) is 8.78 Å². The van der Waals surface area contributed by atoms with Crippen molar-refractivity contribution in [3.63, 3.8) is 0 Å². The van der Waals surface area contributed by atoms with Crippen LogP contribution in [-0.4, -0.2) is 52.4 Å². The smallest absolute Gasteiger partial charge is 0.303 e. The number of unbranched alkanes of at least 4 members (excludes halogenated alkanes) is 4. The molecule has 0 heterocycles. The number of carbonyl (C=O) groups excluding carboxylic acids is 1. The second kappa shape index (κ2) is 15.6. The van der Waals surface area contributed by atoms with Crippen molar-refractivity contribution in [1.29, 1.82) is 3.95 Å². The van der Waals surface area contributed by atoms with Gasteiger partial charge in [-0.3, -0.25) is 9.59 Å². The van der Waals surface area contributed by atoms with Crippen LogP contribution in [0, 0.1) is 11.8 Å². The average molecular weight is 487 g/mol. The van der Waals surface area contributed by atoms with Crippen molar-refractivity contribution in [2.45, 2.75) is 102 Å². The van der Waals surface area contributed by atoms with Gasteiger partial charge in [0.05, 0.1) is 7.38 Å². The molecule has 1 rings (SSSR count). The molecular weight excluding hydrogens is 444 g/mol. The summed E-state index contributed by atoms with van der Waals surface area (Å²) in [6.45, 7) is 1.84. The lowest BCUT2D eigenvalue weighted by Gasteiger charge is -2.29.